The van der Waals surface area contributed by atoms with E-state index in [1.54, 1.807) is 74.1 Å². The molecule has 1 spiro atoms. The van der Waals surface area contributed by atoms with Crippen molar-refractivity contribution < 1.29 is 61.2 Å². The number of fused-ring (bicyclic) bond motifs is 5. The van der Waals surface area contributed by atoms with Gasteiger partial charge in [0, 0.05) is 82.1 Å². The lowest BCUT2D eigenvalue weighted by molar-refractivity contribution is -0.137. The zero-order chi connectivity index (χ0) is 60.3. The van der Waals surface area contributed by atoms with Gasteiger partial charge in [-0.25, -0.2) is 13.1 Å². The number of amides is 5. The van der Waals surface area contributed by atoms with Crippen LogP contribution in [0.25, 0.3) is 10.8 Å². The van der Waals surface area contributed by atoms with Gasteiger partial charge in [-0.1, -0.05) is 37.6 Å². The predicted molar refractivity (Wildman–Crippen MR) is 319 cm³/mol. The van der Waals surface area contributed by atoms with E-state index in [2.05, 4.69) is 51.8 Å². The Labute approximate surface area is 489 Å². The van der Waals surface area contributed by atoms with Crippen LogP contribution in [0.1, 0.15) is 155 Å². The first kappa shape index (κ1) is 63.2. The zero-order valence-corrected chi connectivity index (χ0v) is 51.5. The van der Waals surface area contributed by atoms with Crippen molar-refractivity contribution in [2.24, 2.45) is 10.9 Å². The van der Waals surface area contributed by atoms with E-state index in [1.165, 1.54) is 0 Å². The van der Waals surface area contributed by atoms with Crippen molar-refractivity contribution in [3.63, 3.8) is 0 Å². The van der Waals surface area contributed by atoms with Gasteiger partial charge < -0.3 is 50.7 Å². The molecule has 8 atom stereocenters. The number of hydrogen-bond donors (Lipinski definition) is 7. The number of unbranched alkanes of at least 4 members (excludes halogenated alkanes) is 4. The molecule has 4 fully saturated rings. The molecule has 3 aromatic carbocycles. The number of sulfonamides is 1. The van der Waals surface area contributed by atoms with Gasteiger partial charge in [0.15, 0.2) is 13.3 Å². The Morgan fingerprint density at radius 3 is 2.11 bits per heavy atom. The number of guanidine groups is 1. The Balaban J connectivity index is 0.799. The second-order valence-electron chi connectivity index (χ2n) is 24.3. The number of β-amino-alcohol motifs (C(OH)–C–C–N with tert-alkyl or cyclic N) is 1. The predicted octanol–water partition coefficient (Wildman–Crippen LogP) is 5.92. The van der Waals surface area contributed by atoms with E-state index in [0.717, 1.165) is 23.3 Å². The number of benzene rings is 3. The summed E-state index contributed by atoms with van der Waals surface area (Å²) in [6.45, 7) is 16.6. The number of aliphatic hydroxyl groups is 1. The van der Waals surface area contributed by atoms with Crippen molar-refractivity contribution in [1.29, 1.82) is 0 Å². The molecule has 5 unspecified atom stereocenters. The highest BCUT2D eigenvalue weighted by Crippen LogP contribution is 3.03. The summed E-state index contributed by atoms with van der Waals surface area (Å²) in [7, 11) is -3.16. The molecule has 21 nitrogen and oxygen atoms in total. The number of carbonyl (C=O) groups is 6. The summed E-state index contributed by atoms with van der Waals surface area (Å²) in [5.74, 6) is -1.89. The van der Waals surface area contributed by atoms with E-state index >= 15 is 0 Å². The van der Waals surface area contributed by atoms with E-state index in [9.17, 15) is 42.3 Å². The highest BCUT2D eigenvalue weighted by Gasteiger charge is 2.97. The van der Waals surface area contributed by atoms with Crippen molar-refractivity contribution in [2.45, 2.75) is 184 Å². The maximum atomic E-state index is 14.1. The molecule has 5 amide bonds. The van der Waals surface area contributed by atoms with Crippen LogP contribution in [0.4, 0.5) is 0 Å². The fourth-order valence-electron chi connectivity index (χ4n) is 13.0. The Morgan fingerprint density at radius 1 is 0.843 bits per heavy atom. The van der Waals surface area contributed by atoms with Crippen molar-refractivity contribution in [1.82, 2.24) is 35.8 Å². The number of aliphatic carboxylic acids is 1. The number of rotatable bonds is 25. The molecule has 4 heterocycles. The van der Waals surface area contributed by atoms with Gasteiger partial charge in [0.2, 0.25) is 23.7 Å². The minimum Gasteiger partial charge on any atom is -0.487 e. The zero-order valence-electron chi connectivity index (χ0n) is 49.8. The summed E-state index contributed by atoms with van der Waals surface area (Å²) in [6.07, 6.45) is 5.19. The molecule has 0 aromatic heterocycles. The van der Waals surface area contributed by atoms with Crippen LogP contribution in [-0.2, 0) is 44.7 Å². The number of carboxylic acid groups (broad SMARTS) is 1. The third-order valence-electron chi connectivity index (χ3n) is 17.8. The standard InChI is InChI=1S/C59H84BN8O13PS/c1-35-30-47-59(35,8)82(47)39(5)80-60(81-82)48-31-40(69)34-68(48)50(71)33-64-55(75)44-26-25-43(41-20-15-16-21-42(41)44)54(74)61-27-17-12-18-28-62-56(76)46(65-49(70)23-13-11-14-24-51(72)73)22-19-29-63-57(67(9)10)66-83(77,78)53-37(3)36(2)52-45(38(53)4)32-58(6,7)79-52/h15-16,20-21,25-26,35,39-40,46-48,69H,11-14,17-19,22-24,27-34H2,1-10H3,(H5-,61,62,63,64,65,66,70,72,73,74,75,76)/p+1/t35-,39?,40?,46+,47+,48?,59?,82?/m1/s1. The molecule has 8 rings (SSSR count). The molecule has 0 bridgehead atoms. The van der Waals surface area contributed by atoms with Gasteiger partial charge in [0.05, 0.1) is 23.5 Å². The lowest BCUT2D eigenvalue weighted by Gasteiger charge is -2.24. The number of ether oxygens (including phenoxy) is 1. The minimum atomic E-state index is -4.09. The van der Waals surface area contributed by atoms with Crippen LogP contribution in [0.5, 0.6) is 5.75 Å². The number of aliphatic imine (C=N–C) groups is 1. The Morgan fingerprint density at radius 2 is 1.48 bits per heavy atom. The average molecular weight is 1190 g/mol. The van der Waals surface area contributed by atoms with Crippen molar-refractivity contribution in [2.75, 3.05) is 46.8 Å². The molecule has 24 heteroatoms. The van der Waals surface area contributed by atoms with E-state index < -0.39 is 66.1 Å². The molecule has 0 radical (unpaired) electrons. The highest BCUT2D eigenvalue weighted by molar-refractivity contribution is 7.90. The Bertz CT molecular complexity index is 3150. The fourth-order valence-corrected chi connectivity index (χ4v) is 20.8. The van der Waals surface area contributed by atoms with Gasteiger partial charge in [0.1, 0.15) is 28.2 Å². The largest absolute Gasteiger partial charge is 0.529 e. The SMILES string of the molecule is Cc1c(C)c(S(=O)(=O)NC(=NCCC[C@H](NC(=O)CCCCCC(=O)O)C(=O)NCCCCCNC(=O)c2ccc(C(=O)NCC(=O)N3CC(O)CC3B3OC(C)[P+]4(O3)[C@H]3C[C@@H](C)C34C)c3ccccc23)N(C)C)c(C)c2c1OC(C)(C)C2. The lowest BCUT2D eigenvalue weighted by Crippen LogP contribution is -2.49. The first-order valence-corrected chi connectivity index (χ1v) is 32.7. The number of carbonyl (C=O) groups excluding carboxylic acids is 5. The van der Waals surface area contributed by atoms with Crippen LogP contribution in [0, 0.1) is 26.7 Å². The molecule has 4 aliphatic heterocycles. The fraction of sp³-hybridized carbons (Fsp3) is 0.610. The van der Waals surface area contributed by atoms with E-state index in [1.807, 2.05) is 20.8 Å². The third kappa shape index (κ3) is 13.3. The number of nitrogens with zero attached hydrogens (tertiary/aromatic N) is 3. The van der Waals surface area contributed by atoms with Crippen molar-refractivity contribution in [3.8, 4) is 5.75 Å². The number of aliphatic hydroxyl groups excluding tert-OH is 1. The molecule has 3 aromatic rings. The Kier molecular flexibility index (Phi) is 19.6. The molecule has 1 saturated carbocycles. The maximum Gasteiger partial charge on any atom is 0.529 e. The van der Waals surface area contributed by atoms with Crippen LogP contribution >= 0.6 is 7.49 Å². The monoisotopic (exact) mass is 1190 g/mol. The molecule has 452 valence electrons. The molecule has 83 heavy (non-hydrogen) atoms. The van der Waals surface area contributed by atoms with Gasteiger partial charge in [-0.15, -0.1) is 0 Å². The van der Waals surface area contributed by atoms with Gasteiger partial charge in [-0.05, 0) is 146 Å². The summed E-state index contributed by atoms with van der Waals surface area (Å²) in [4.78, 5) is 86.6. The second-order valence-corrected chi connectivity index (χ2v) is 29.8. The minimum absolute atomic E-state index is 0.00564. The summed E-state index contributed by atoms with van der Waals surface area (Å²) in [5.41, 5.74) is 3.59. The van der Waals surface area contributed by atoms with Crippen molar-refractivity contribution in [3.05, 3.63) is 69.8 Å². The van der Waals surface area contributed by atoms with Gasteiger partial charge in [-0.2, -0.15) is 0 Å². The van der Waals surface area contributed by atoms with E-state index in [-0.39, 0.29) is 78.5 Å². The van der Waals surface area contributed by atoms with Crippen LogP contribution in [-0.4, -0.2) is 164 Å². The number of nitrogens with one attached hydrogen (secondary N) is 5. The first-order valence-electron chi connectivity index (χ1n) is 29.4. The Hall–Kier alpha value is -5.87. The average Bonchev–Trinajstić information content (AvgIpc) is 1.46. The van der Waals surface area contributed by atoms with Crippen LogP contribution < -0.4 is 30.7 Å². The molecule has 3 saturated heterocycles. The third-order valence-corrected chi connectivity index (χ3v) is 24.8. The highest BCUT2D eigenvalue weighted by atomic mass is 32.2. The second kappa shape index (κ2) is 25.8. The quantitative estimate of drug-likeness (QED) is 0.0171. The molecule has 7 N–H and O–H groups in total. The summed E-state index contributed by atoms with van der Waals surface area (Å²) >= 11 is 0. The van der Waals surface area contributed by atoms with Crippen molar-refractivity contribution >= 4 is 76.9 Å². The maximum absolute atomic E-state index is 14.1. The number of hydrogen-bond acceptors (Lipinski definition) is 13. The number of carboxylic acids is 1. The summed E-state index contributed by atoms with van der Waals surface area (Å²) in [5, 5.41) is 32.5. The summed E-state index contributed by atoms with van der Waals surface area (Å²) < 4.78 is 50.2. The van der Waals surface area contributed by atoms with E-state index in [0.29, 0.717) is 115 Å². The van der Waals surface area contributed by atoms with E-state index in [4.69, 9.17) is 18.9 Å². The smallest absolute Gasteiger partial charge is 0.487 e. The van der Waals surface area contributed by atoms with Crippen LogP contribution in [0.2, 0.25) is 0 Å². The topological polar surface area (TPSA) is 284 Å². The summed E-state index contributed by atoms with van der Waals surface area (Å²) in [6, 6.07) is 9.33. The molecule has 5 aliphatic rings. The first-order chi connectivity index (χ1) is 39.2. The van der Waals surface area contributed by atoms with Gasteiger partial charge >= 0.3 is 13.1 Å². The van der Waals surface area contributed by atoms with Gasteiger partial charge in [-0.3, -0.25) is 38.2 Å². The van der Waals surface area contributed by atoms with Crippen LogP contribution in [0.3, 0.4) is 0 Å². The number of likely N-dealkylation sites (tertiary alicyclic amines) is 1. The molecule has 1 aliphatic carbocycles. The van der Waals surface area contributed by atoms with Crippen LogP contribution in [0.15, 0.2) is 46.3 Å². The van der Waals surface area contributed by atoms with Gasteiger partial charge in [0.25, 0.3) is 21.8 Å². The molecular formula is C59H85BN8O13PS+. The normalized spacial score (nSPS) is 24.3. The lowest BCUT2D eigenvalue weighted by atomic mass is 9.76. The molecular weight excluding hydrogens is 1100 g/mol.